The second-order valence-electron chi connectivity index (χ2n) is 4.84. The molecule has 7 nitrogen and oxygen atoms in total. The number of hydrogen-bond donors (Lipinski definition) is 4. The Labute approximate surface area is 127 Å². The van der Waals surface area contributed by atoms with Crippen LogP contribution in [0.1, 0.15) is 18.3 Å². The number of rotatable bonds is 7. The predicted octanol–water partition coefficient (Wildman–Crippen LogP) is 1.62. The standard InChI is InChI=1S/C15H18N4O3/c1-10(15(20)21)9-22-12-4-2-11(3-5-12)14(16)19-8-13-17-6-7-18-13/h2-7,10H,8-9H2,1H3,(H2,16,19)(H,17,18)(H,20,21)/t10-/m1/s1. The summed E-state index contributed by atoms with van der Waals surface area (Å²) in [6, 6.07) is 6.93. The van der Waals surface area contributed by atoms with Gasteiger partial charge in [-0.05, 0) is 31.2 Å². The number of H-pyrrole nitrogens is 1. The highest BCUT2D eigenvalue weighted by molar-refractivity contribution is 5.96. The molecule has 1 heterocycles. The SMILES string of the molecule is C[C@H](COc1ccc(C(=N)NCc2ncc[nH]2)cc1)C(=O)O. The number of carboxylic acid groups (broad SMARTS) is 1. The number of imidazole rings is 1. The maximum atomic E-state index is 10.7. The van der Waals surface area contributed by atoms with E-state index in [2.05, 4.69) is 15.3 Å². The monoisotopic (exact) mass is 302 g/mol. The van der Waals surface area contributed by atoms with E-state index in [-0.39, 0.29) is 12.4 Å². The number of aromatic amines is 1. The molecule has 4 N–H and O–H groups in total. The highest BCUT2D eigenvalue weighted by Crippen LogP contribution is 2.13. The van der Waals surface area contributed by atoms with E-state index in [1.54, 1.807) is 43.6 Å². The zero-order chi connectivity index (χ0) is 15.9. The maximum Gasteiger partial charge on any atom is 0.309 e. The number of amidine groups is 1. The Morgan fingerprint density at radius 1 is 1.45 bits per heavy atom. The molecular formula is C15H18N4O3. The molecule has 0 aliphatic rings. The third-order valence-corrected chi connectivity index (χ3v) is 3.05. The first kappa shape index (κ1) is 15.6. The Balaban J connectivity index is 1.85. The van der Waals surface area contributed by atoms with E-state index in [1.807, 2.05) is 0 Å². The molecule has 0 bridgehead atoms. The van der Waals surface area contributed by atoms with Crippen molar-refractivity contribution in [1.82, 2.24) is 15.3 Å². The molecule has 0 aliphatic carbocycles. The molecule has 22 heavy (non-hydrogen) atoms. The Morgan fingerprint density at radius 2 is 2.18 bits per heavy atom. The van der Waals surface area contributed by atoms with Gasteiger partial charge >= 0.3 is 5.97 Å². The van der Waals surface area contributed by atoms with Crippen LogP contribution in [0.3, 0.4) is 0 Å². The average Bonchev–Trinajstić information content (AvgIpc) is 3.04. The Morgan fingerprint density at radius 3 is 2.77 bits per heavy atom. The molecule has 0 radical (unpaired) electrons. The lowest BCUT2D eigenvalue weighted by molar-refractivity contribution is -0.142. The molecule has 2 rings (SSSR count). The lowest BCUT2D eigenvalue weighted by Gasteiger charge is -2.10. The number of benzene rings is 1. The molecule has 0 spiro atoms. The van der Waals surface area contributed by atoms with Crippen molar-refractivity contribution in [2.24, 2.45) is 5.92 Å². The summed E-state index contributed by atoms with van der Waals surface area (Å²) in [4.78, 5) is 17.7. The topological polar surface area (TPSA) is 111 Å². The molecule has 1 aromatic carbocycles. The lowest BCUT2D eigenvalue weighted by atomic mass is 10.2. The average molecular weight is 302 g/mol. The van der Waals surface area contributed by atoms with Gasteiger partial charge in [0.2, 0.25) is 0 Å². The fraction of sp³-hybridized carbons (Fsp3) is 0.267. The van der Waals surface area contributed by atoms with Crippen LogP contribution in [-0.4, -0.2) is 33.5 Å². The highest BCUT2D eigenvalue weighted by Gasteiger charge is 2.11. The quantitative estimate of drug-likeness (QED) is 0.459. The van der Waals surface area contributed by atoms with Gasteiger partial charge < -0.3 is 20.1 Å². The van der Waals surface area contributed by atoms with E-state index in [9.17, 15) is 4.79 Å². The number of nitrogens with one attached hydrogen (secondary N) is 3. The van der Waals surface area contributed by atoms with Gasteiger partial charge in [-0.3, -0.25) is 10.2 Å². The van der Waals surface area contributed by atoms with Crippen molar-refractivity contribution in [3.05, 3.63) is 48.0 Å². The summed E-state index contributed by atoms with van der Waals surface area (Å²) in [6.07, 6.45) is 3.38. The van der Waals surface area contributed by atoms with Gasteiger partial charge in [0.1, 0.15) is 24.0 Å². The summed E-state index contributed by atoms with van der Waals surface area (Å²) >= 11 is 0. The third kappa shape index (κ3) is 4.34. The molecular weight excluding hydrogens is 284 g/mol. The van der Waals surface area contributed by atoms with Crippen molar-refractivity contribution < 1.29 is 14.6 Å². The van der Waals surface area contributed by atoms with Crippen LogP contribution in [0.15, 0.2) is 36.7 Å². The summed E-state index contributed by atoms with van der Waals surface area (Å²) < 4.78 is 5.40. The second kappa shape index (κ2) is 7.26. The minimum Gasteiger partial charge on any atom is -0.493 e. The van der Waals surface area contributed by atoms with Crippen LogP contribution in [0.5, 0.6) is 5.75 Å². The van der Waals surface area contributed by atoms with Gasteiger partial charge in [-0.15, -0.1) is 0 Å². The first-order chi connectivity index (χ1) is 10.6. The molecule has 2 aromatic rings. The summed E-state index contributed by atoms with van der Waals surface area (Å²) in [5.41, 5.74) is 0.713. The number of ether oxygens (including phenoxy) is 1. The van der Waals surface area contributed by atoms with E-state index in [1.165, 1.54) is 0 Å². The number of nitrogens with zero attached hydrogens (tertiary/aromatic N) is 1. The summed E-state index contributed by atoms with van der Waals surface area (Å²) in [6.45, 7) is 2.15. The van der Waals surface area contributed by atoms with Crippen molar-refractivity contribution in [2.75, 3.05) is 6.61 Å². The van der Waals surface area contributed by atoms with Crippen molar-refractivity contribution in [1.29, 1.82) is 5.41 Å². The largest absolute Gasteiger partial charge is 0.493 e. The maximum absolute atomic E-state index is 10.7. The smallest absolute Gasteiger partial charge is 0.309 e. The minimum atomic E-state index is -0.888. The normalized spacial score (nSPS) is 11.7. The molecule has 0 saturated heterocycles. The molecule has 0 fully saturated rings. The first-order valence-corrected chi connectivity index (χ1v) is 6.83. The number of hydrogen-bond acceptors (Lipinski definition) is 4. The third-order valence-electron chi connectivity index (χ3n) is 3.05. The Bertz CT molecular complexity index is 623. The van der Waals surface area contributed by atoms with Crippen LogP contribution in [-0.2, 0) is 11.3 Å². The van der Waals surface area contributed by atoms with Gasteiger partial charge in [-0.25, -0.2) is 4.98 Å². The van der Waals surface area contributed by atoms with Crippen LogP contribution in [0.25, 0.3) is 0 Å². The molecule has 7 heteroatoms. The van der Waals surface area contributed by atoms with Gasteiger partial charge in [-0.1, -0.05) is 0 Å². The van der Waals surface area contributed by atoms with Gasteiger partial charge in [0, 0.05) is 18.0 Å². The zero-order valence-corrected chi connectivity index (χ0v) is 12.2. The summed E-state index contributed by atoms with van der Waals surface area (Å²) in [7, 11) is 0. The van der Waals surface area contributed by atoms with E-state index < -0.39 is 11.9 Å². The predicted molar refractivity (Wildman–Crippen MR) is 81.0 cm³/mol. The first-order valence-electron chi connectivity index (χ1n) is 6.83. The molecule has 0 saturated carbocycles. The number of carboxylic acids is 1. The fourth-order valence-corrected chi connectivity index (χ4v) is 1.68. The van der Waals surface area contributed by atoms with Crippen LogP contribution in [0, 0.1) is 11.3 Å². The number of aliphatic carboxylic acids is 1. The molecule has 1 aromatic heterocycles. The molecule has 116 valence electrons. The van der Waals surface area contributed by atoms with Crippen LogP contribution >= 0.6 is 0 Å². The van der Waals surface area contributed by atoms with Crippen molar-refractivity contribution in [2.45, 2.75) is 13.5 Å². The highest BCUT2D eigenvalue weighted by atomic mass is 16.5. The molecule has 1 atom stereocenters. The van der Waals surface area contributed by atoms with Crippen molar-refractivity contribution in [3.8, 4) is 5.75 Å². The number of aromatic nitrogens is 2. The molecule has 0 aliphatic heterocycles. The van der Waals surface area contributed by atoms with Gasteiger partial charge in [0.15, 0.2) is 0 Å². The minimum absolute atomic E-state index is 0.114. The van der Waals surface area contributed by atoms with Gasteiger partial charge in [-0.2, -0.15) is 0 Å². The Hall–Kier alpha value is -2.83. The second-order valence-corrected chi connectivity index (χ2v) is 4.84. The van der Waals surface area contributed by atoms with Crippen molar-refractivity contribution in [3.63, 3.8) is 0 Å². The lowest BCUT2D eigenvalue weighted by Crippen LogP contribution is -2.23. The van der Waals surface area contributed by atoms with Crippen LogP contribution in [0.2, 0.25) is 0 Å². The van der Waals surface area contributed by atoms with Crippen LogP contribution in [0.4, 0.5) is 0 Å². The van der Waals surface area contributed by atoms with E-state index in [4.69, 9.17) is 15.3 Å². The van der Waals surface area contributed by atoms with E-state index >= 15 is 0 Å². The number of carbonyl (C=O) groups is 1. The summed E-state index contributed by atoms with van der Waals surface area (Å²) in [5, 5.41) is 19.7. The zero-order valence-electron chi connectivity index (χ0n) is 12.2. The summed E-state index contributed by atoms with van der Waals surface area (Å²) in [5.74, 6) is 0.165. The van der Waals surface area contributed by atoms with Crippen LogP contribution < -0.4 is 10.1 Å². The fourth-order valence-electron chi connectivity index (χ4n) is 1.68. The molecule has 0 amide bonds. The van der Waals surface area contributed by atoms with Gasteiger partial charge in [0.05, 0.1) is 12.5 Å². The van der Waals surface area contributed by atoms with Crippen molar-refractivity contribution >= 4 is 11.8 Å². The van der Waals surface area contributed by atoms with E-state index in [0.29, 0.717) is 17.9 Å². The van der Waals surface area contributed by atoms with Gasteiger partial charge in [0.25, 0.3) is 0 Å². The Kier molecular flexibility index (Phi) is 5.13. The van der Waals surface area contributed by atoms with E-state index in [0.717, 1.165) is 5.82 Å². The molecule has 0 unspecified atom stereocenters.